The van der Waals surface area contributed by atoms with Gasteiger partial charge in [0.15, 0.2) is 5.75 Å². The topological polar surface area (TPSA) is 113 Å². The zero-order valence-electron chi connectivity index (χ0n) is 18.2. The molecule has 4 aromatic rings. The van der Waals surface area contributed by atoms with E-state index in [1.54, 1.807) is 25.5 Å². The second-order valence-electron chi connectivity index (χ2n) is 9.19. The summed E-state index contributed by atoms with van der Waals surface area (Å²) in [5.41, 5.74) is 2.82. The highest BCUT2D eigenvalue weighted by molar-refractivity contribution is 6.16. The highest BCUT2D eigenvalue weighted by Crippen LogP contribution is 2.47. The molecule has 10 heteroatoms. The summed E-state index contributed by atoms with van der Waals surface area (Å²) in [5, 5.41) is 12.0. The van der Waals surface area contributed by atoms with Crippen LogP contribution in [0.25, 0.3) is 21.9 Å². The van der Waals surface area contributed by atoms with E-state index in [-0.39, 0.29) is 17.9 Å². The summed E-state index contributed by atoms with van der Waals surface area (Å²) in [5.74, 6) is 2.62. The van der Waals surface area contributed by atoms with Crippen molar-refractivity contribution in [3.63, 3.8) is 0 Å². The largest absolute Gasteiger partial charge is 0.421 e. The molecule has 168 valence electrons. The Labute approximate surface area is 188 Å². The average molecular weight is 446 g/mol. The first-order valence-electron chi connectivity index (χ1n) is 11.3. The number of benzene rings is 1. The number of rotatable bonds is 4. The number of ether oxygens (including phenoxy) is 1. The molecule has 3 aliphatic rings. The second kappa shape index (κ2) is 6.74. The summed E-state index contributed by atoms with van der Waals surface area (Å²) in [6.45, 7) is 2.74. The van der Waals surface area contributed by atoms with Crippen LogP contribution in [-0.4, -0.2) is 50.6 Å². The number of aromatic nitrogens is 5. The molecule has 5 heterocycles. The van der Waals surface area contributed by atoms with E-state index in [2.05, 4.69) is 35.9 Å². The van der Waals surface area contributed by atoms with Crippen LogP contribution in [0.4, 0.5) is 15.9 Å². The number of hydrogen-bond acceptors (Lipinski definition) is 8. The summed E-state index contributed by atoms with van der Waals surface area (Å²) < 4.78 is 21.3. The van der Waals surface area contributed by atoms with Crippen molar-refractivity contribution >= 4 is 33.4 Å². The maximum absolute atomic E-state index is 15.4. The zero-order chi connectivity index (χ0) is 22.3. The van der Waals surface area contributed by atoms with Crippen LogP contribution in [0, 0.1) is 24.6 Å². The lowest BCUT2D eigenvalue weighted by Gasteiger charge is -2.26. The van der Waals surface area contributed by atoms with Gasteiger partial charge in [-0.3, -0.25) is 0 Å². The van der Waals surface area contributed by atoms with Crippen LogP contribution < -0.4 is 20.7 Å². The fourth-order valence-electron chi connectivity index (χ4n) is 5.58. The van der Waals surface area contributed by atoms with Gasteiger partial charge in [-0.05, 0) is 37.7 Å². The predicted octanol–water partition coefficient (Wildman–Crippen LogP) is 3.13. The van der Waals surface area contributed by atoms with Crippen LogP contribution in [0.1, 0.15) is 17.8 Å². The van der Waals surface area contributed by atoms with Gasteiger partial charge in [0, 0.05) is 36.6 Å². The van der Waals surface area contributed by atoms with E-state index in [1.165, 1.54) is 6.42 Å². The van der Waals surface area contributed by atoms with Gasteiger partial charge in [0.1, 0.15) is 23.1 Å². The third-order valence-electron chi connectivity index (χ3n) is 7.27. The van der Waals surface area contributed by atoms with Crippen LogP contribution in [0.3, 0.4) is 0 Å². The van der Waals surface area contributed by atoms with Gasteiger partial charge in [0.05, 0.1) is 29.0 Å². The van der Waals surface area contributed by atoms with E-state index in [1.807, 2.05) is 6.92 Å². The van der Waals surface area contributed by atoms with Gasteiger partial charge in [-0.2, -0.15) is 9.97 Å². The predicted molar refractivity (Wildman–Crippen MR) is 122 cm³/mol. The molecule has 1 aliphatic carbocycles. The Kier molecular flexibility index (Phi) is 3.88. The lowest BCUT2D eigenvalue weighted by atomic mass is 9.90. The molecule has 0 spiro atoms. The van der Waals surface area contributed by atoms with Crippen molar-refractivity contribution in [2.75, 3.05) is 24.2 Å². The molecular formula is C23H23FN8O. The van der Waals surface area contributed by atoms with E-state index in [0.29, 0.717) is 58.6 Å². The Balaban J connectivity index is 1.41. The van der Waals surface area contributed by atoms with Gasteiger partial charge >= 0.3 is 6.01 Å². The first-order valence-corrected chi connectivity index (χ1v) is 11.3. The lowest BCUT2D eigenvalue weighted by molar-refractivity contribution is 0.418. The van der Waals surface area contributed by atoms with E-state index >= 15 is 4.39 Å². The number of H-pyrrole nitrogens is 1. The first-order chi connectivity index (χ1) is 16.1. The molecule has 3 aromatic heterocycles. The Bertz CT molecular complexity index is 1420. The molecule has 1 saturated carbocycles. The SMILES string of the molecule is CNc1cc(F)c2c3c1[nH]c1nc(Oc4cnc(C)nc4)nc(c13)NC(C1CNC3CC31)C2. The van der Waals surface area contributed by atoms with E-state index in [0.717, 1.165) is 22.8 Å². The van der Waals surface area contributed by atoms with E-state index in [9.17, 15) is 0 Å². The summed E-state index contributed by atoms with van der Waals surface area (Å²) in [7, 11) is 1.79. The zero-order valence-corrected chi connectivity index (χ0v) is 18.2. The number of anilines is 2. The number of piperidine rings is 1. The monoisotopic (exact) mass is 446 g/mol. The minimum absolute atomic E-state index is 0.0641. The van der Waals surface area contributed by atoms with Gasteiger partial charge in [0.25, 0.3) is 0 Å². The molecule has 7 rings (SSSR count). The van der Waals surface area contributed by atoms with Crippen molar-refractivity contribution in [3.05, 3.63) is 35.7 Å². The van der Waals surface area contributed by atoms with Crippen molar-refractivity contribution in [3.8, 4) is 11.8 Å². The normalized spacial score (nSPS) is 25.2. The maximum atomic E-state index is 15.4. The minimum atomic E-state index is -0.206. The number of nitrogens with one attached hydrogen (secondary N) is 4. The number of fused-ring (bicyclic) bond motifs is 1. The van der Waals surface area contributed by atoms with Crippen molar-refractivity contribution in [2.45, 2.75) is 31.8 Å². The summed E-state index contributed by atoms with van der Waals surface area (Å²) >= 11 is 0. The van der Waals surface area contributed by atoms with Crippen molar-refractivity contribution in [2.24, 2.45) is 11.8 Å². The molecule has 2 aliphatic heterocycles. The molecule has 4 atom stereocenters. The third-order valence-corrected chi connectivity index (χ3v) is 7.27. The summed E-state index contributed by atoms with van der Waals surface area (Å²) in [6, 6.07) is 2.42. The van der Waals surface area contributed by atoms with Gasteiger partial charge in [-0.25, -0.2) is 14.4 Å². The van der Waals surface area contributed by atoms with Crippen molar-refractivity contribution in [1.82, 2.24) is 30.2 Å². The highest BCUT2D eigenvalue weighted by Gasteiger charge is 2.51. The Morgan fingerprint density at radius 1 is 1.12 bits per heavy atom. The number of aryl methyl sites for hydroxylation is 1. The molecule has 4 unspecified atom stereocenters. The fourth-order valence-corrected chi connectivity index (χ4v) is 5.58. The Morgan fingerprint density at radius 2 is 1.97 bits per heavy atom. The number of halogens is 1. The lowest BCUT2D eigenvalue weighted by Crippen LogP contribution is -2.35. The van der Waals surface area contributed by atoms with Gasteiger partial charge < -0.3 is 25.7 Å². The molecule has 33 heavy (non-hydrogen) atoms. The second-order valence-corrected chi connectivity index (χ2v) is 9.19. The van der Waals surface area contributed by atoms with Gasteiger partial charge in [0.2, 0.25) is 0 Å². The van der Waals surface area contributed by atoms with Gasteiger partial charge in [-0.1, -0.05) is 0 Å². The minimum Gasteiger partial charge on any atom is -0.421 e. The van der Waals surface area contributed by atoms with Crippen LogP contribution in [-0.2, 0) is 6.42 Å². The molecule has 1 saturated heterocycles. The Morgan fingerprint density at radius 3 is 2.70 bits per heavy atom. The van der Waals surface area contributed by atoms with Gasteiger partial charge in [-0.15, -0.1) is 0 Å². The van der Waals surface area contributed by atoms with Crippen LogP contribution in [0.2, 0.25) is 0 Å². The number of hydrogen-bond donors (Lipinski definition) is 4. The van der Waals surface area contributed by atoms with E-state index < -0.39 is 0 Å². The molecule has 0 amide bonds. The summed E-state index contributed by atoms with van der Waals surface area (Å²) in [4.78, 5) is 21.1. The quantitative estimate of drug-likeness (QED) is 0.378. The van der Waals surface area contributed by atoms with Crippen LogP contribution in [0.5, 0.6) is 11.8 Å². The number of nitrogens with zero attached hydrogens (tertiary/aromatic N) is 4. The molecule has 1 aromatic carbocycles. The van der Waals surface area contributed by atoms with Crippen LogP contribution in [0.15, 0.2) is 18.5 Å². The molecular weight excluding hydrogens is 423 g/mol. The first kappa shape index (κ1) is 19.0. The summed E-state index contributed by atoms with van der Waals surface area (Å²) in [6.07, 6.45) is 4.97. The maximum Gasteiger partial charge on any atom is 0.326 e. The molecule has 2 fully saturated rings. The van der Waals surface area contributed by atoms with Crippen LogP contribution >= 0.6 is 0 Å². The fraction of sp³-hybridized carbons (Fsp3) is 0.391. The van der Waals surface area contributed by atoms with E-state index in [4.69, 9.17) is 9.72 Å². The Hall–Kier alpha value is -3.53. The third kappa shape index (κ3) is 2.86. The highest BCUT2D eigenvalue weighted by atomic mass is 19.1. The molecule has 0 radical (unpaired) electrons. The standard InChI is InChI=1S/C23H23FN8O/c1-9-26-6-10(7-27-9)33-23-31-21-19-18-12(4-16(29-21)13-8-28-15-3-11(13)15)14(24)5-17(25-2)20(18)30-22(19)32-23/h5-7,11,13,15-16,25,28H,3-4,8H2,1-2H3,(H2,29,30,31,32). The number of aromatic amines is 1. The van der Waals surface area contributed by atoms with Crippen molar-refractivity contribution in [1.29, 1.82) is 0 Å². The molecule has 4 N–H and O–H groups in total. The average Bonchev–Trinajstić information content (AvgIpc) is 3.36. The van der Waals surface area contributed by atoms with Crippen molar-refractivity contribution < 1.29 is 9.13 Å². The molecule has 0 bridgehead atoms. The smallest absolute Gasteiger partial charge is 0.326 e. The molecule has 9 nitrogen and oxygen atoms in total.